The van der Waals surface area contributed by atoms with Gasteiger partial charge in [-0.2, -0.15) is 13.2 Å². The Morgan fingerprint density at radius 1 is 0.970 bits per heavy atom. The number of benzene rings is 2. The maximum atomic E-state index is 12.9. The predicted octanol–water partition coefficient (Wildman–Crippen LogP) is 4.46. The van der Waals surface area contributed by atoms with E-state index in [-0.39, 0.29) is 23.6 Å². The van der Waals surface area contributed by atoms with Crippen LogP contribution in [0.25, 0.3) is 11.3 Å². The van der Waals surface area contributed by atoms with E-state index >= 15 is 0 Å². The van der Waals surface area contributed by atoms with Crippen LogP contribution in [0.4, 0.5) is 13.2 Å². The van der Waals surface area contributed by atoms with Crippen LogP contribution in [0.15, 0.2) is 59.0 Å². The first kappa shape index (κ1) is 23.7. The molecule has 0 spiro atoms. The molecular formula is C23H20F3NO6. The molecule has 3 aromatic rings. The van der Waals surface area contributed by atoms with E-state index < -0.39 is 30.2 Å². The van der Waals surface area contributed by atoms with Crippen LogP contribution in [0, 0.1) is 0 Å². The van der Waals surface area contributed by atoms with Crippen LogP contribution < -0.4 is 14.8 Å². The predicted molar refractivity (Wildman–Crippen MR) is 111 cm³/mol. The van der Waals surface area contributed by atoms with Crippen LogP contribution in [0.2, 0.25) is 0 Å². The normalized spacial score (nSPS) is 11.1. The van der Waals surface area contributed by atoms with Gasteiger partial charge >= 0.3 is 12.1 Å². The smallest absolute Gasteiger partial charge is 0.416 e. The summed E-state index contributed by atoms with van der Waals surface area (Å²) in [6.45, 7) is -0.400. The monoisotopic (exact) mass is 463 g/mol. The number of rotatable bonds is 8. The summed E-state index contributed by atoms with van der Waals surface area (Å²) < 4.78 is 59.2. The van der Waals surface area contributed by atoms with Crippen molar-refractivity contribution in [3.63, 3.8) is 0 Å². The number of amides is 1. The van der Waals surface area contributed by atoms with Gasteiger partial charge in [-0.05, 0) is 42.0 Å². The Balaban J connectivity index is 1.54. The molecule has 1 heterocycles. The maximum Gasteiger partial charge on any atom is 0.416 e. The summed E-state index contributed by atoms with van der Waals surface area (Å²) in [5, 5.41) is 2.60. The number of carbonyl (C=O) groups excluding carboxylic acids is 2. The van der Waals surface area contributed by atoms with E-state index in [1.165, 1.54) is 38.5 Å². The molecule has 0 radical (unpaired) electrons. The highest BCUT2D eigenvalue weighted by Crippen LogP contribution is 2.32. The molecule has 174 valence electrons. The molecule has 33 heavy (non-hydrogen) atoms. The van der Waals surface area contributed by atoms with Gasteiger partial charge in [0.1, 0.15) is 5.76 Å². The van der Waals surface area contributed by atoms with Gasteiger partial charge in [0.15, 0.2) is 18.1 Å². The third-order valence-electron chi connectivity index (χ3n) is 4.55. The number of halogens is 3. The highest BCUT2D eigenvalue weighted by atomic mass is 19.4. The zero-order valence-corrected chi connectivity index (χ0v) is 17.7. The second-order valence-corrected chi connectivity index (χ2v) is 6.78. The molecule has 0 bridgehead atoms. The number of carbonyl (C=O) groups is 2. The van der Waals surface area contributed by atoms with E-state index in [2.05, 4.69) is 5.32 Å². The molecule has 1 aromatic heterocycles. The van der Waals surface area contributed by atoms with Crippen LogP contribution >= 0.6 is 0 Å². The summed E-state index contributed by atoms with van der Waals surface area (Å²) in [5.74, 6) is -0.604. The van der Waals surface area contributed by atoms with Crippen molar-refractivity contribution in [3.8, 4) is 22.8 Å². The average Bonchev–Trinajstić information content (AvgIpc) is 3.31. The summed E-state index contributed by atoms with van der Waals surface area (Å²) in [6, 6.07) is 12.3. The number of nitrogens with one attached hydrogen (secondary N) is 1. The minimum absolute atomic E-state index is 0.0611. The number of alkyl halides is 3. The number of hydrogen-bond donors (Lipinski definition) is 1. The molecule has 0 fully saturated rings. The molecule has 0 saturated heterocycles. The lowest BCUT2D eigenvalue weighted by atomic mass is 10.1. The van der Waals surface area contributed by atoms with E-state index in [0.717, 1.165) is 17.7 Å². The Morgan fingerprint density at radius 3 is 2.42 bits per heavy atom. The van der Waals surface area contributed by atoms with Gasteiger partial charge in [0.25, 0.3) is 5.91 Å². The molecular weight excluding hydrogens is 443 g/mol. The van der Waals surface area contributed by atoms with Crippen molar-refractivity contribution < 1.29 is 41.4 Å². The number of furan rings is 1. The molecule has 1 amide bonds. The van der Waals surface area contributed by atoms with Crippen LogP contribution in [0.5, 0.6) is 11.5 Å². The quantitative estimate of drug-likeness (QED) is 0.497. The van der Waals surface area contributed by atoms with Gasteiger partial charge in [-0.25, -0.2) is 4.79 Å². The molecule has 0 aliphatic carbocycles. The number of esters is 1. The van der Waals surface area contributed by atoms with Crippen LogP contribution in [0.1, 0.15) is 21.7 Å². The van der Waals surface area contributed by atoms with E-state index in [1.807, 2.05) is 0 Å². The van der Waals surface area contributed by atoms with Crippen molar-refractivity contribution >= 4 is 11.9 Å². The van der Waals surface area contributed by atoms with Gasteiger partial charge < -0.3 is 23.9 Å². The SMILES string of the molecule is COc1ccc(CNC(=O)COC(=O)c2ccc(-c3cccc(C(F)(F)F)c3)o2)cc1OC. The largest absolute Gasteiger partial charge is 0.493 e. The number of ether oxygens (including phenoxy) is 3. The molecule has 10 heteroatoms. The van der Waals surface area contributed by atoms with Gasteiger partial charge in [-0.3, -0.25) is 4.79 Å². The minimum Gasteiger partial charge on any atom is -0.493 e. The van der Waals surface area contributed by atoms with E-state index in [9.17, 15) is 22.8 Å². The van der Waals surface area contributed by atoms with Gasteiger partial charge in [0.05, 0.1) is 19.8 Å². The highest BCUT2D eigenvalue weighted by molar-refractivity contribution is 5.89. The van der Waals surface area contributed by atoms with Crippen molar-refractivity contribution in [1.29, 1.82) is 0 Å². The molecule has 0 unspecified atom stereocenters. The van der Waals surface area contributed by atoms with E-state index in [4.69, 9.17) is 18.6 Å². The number of hydrogen-bond acceptors (Lipinski definition) is 6. The number of methoxy groups -OCH3 is 2. The van der Waals surface area contributed by atoms with E-state index in [1.54, 1.807) is 18.2 Å². The van der Waals surface area contributed by atoms with Gasteiger partial charge in [-0.15, -0.1) is 0 Å². The third kappa shape index (κ3) is 6.06. The van der Waals surface area contributed by atoms with Crippen molar-refractivity contribution in [3.05, 3.63) is 71.5 Å². The second-order valence-electron chi connectivity index (χ2n) is 6.78. The first-order valence-electron chi connectivity index (χ1n) is 9.63. The summed E-state index contributed by atoms with van der Waals surface area (Å²) in [5.41, 5.74) is 0.0484. The van der Waals surface area contributed by atoms with Crippen LogP contribution in [-0.2, 0) is 22.3 Å². The molecule has 0 aliphatic rings. The first-order valence-corrected chi connectivity index (χ1v) is 9.63. The van der Waals surface area contributed by atoms with Crippen molar-refractivity contribution in [2.24, 2.45) is 0 Å². The molecule has 2 aromatic carbocycles. The molecule has 1 N–H and O–H groups in total. The fourth-order valence-corrected chi connectivity index (χ4v) is 2.90. The molecule has 3 rings (SSSR count). The third-order valence-corrected chi connectivity index (χ3v) is 4.55. The topological polar surface area (TPSA) is 87.0 Å². The highest BCUT2D eigenvalue weighted by Gasteiger charge is 2.30. The molecule has 0 atom stereocenters. The zero-order chi connectivity index (χ0) is 24.0. The molecule has 7 nitrogen and oxygen atoms in total. The lowest BCUT2D eigenvalue weighted by Gasteiger charge is -2.10. The fraction of sp³-hybridized carbons (Fsp3) is 0.217. The van der Waals surface area contributed by atoms with Crippen LogP contribution in [0.3, 0.4) is 0 Å². The first-order chi connectivity index (χ1) is 15.7. The second kappa shape index (κ2) is 10.1. The van der Waals surface area contributed by atoms with Gasteiger partial charge in [-0.1, -0.05) is 18.2 Å². The zero-order valence-electron chi connectivity index (χ0n) is 17.7. The van der Waals surface area contributed by atoms with Gasteiger partial charge in [0, 0.05) is 12.1 Å². The maximum absolute atomic E-state index is 12.9. The Morgan fingerprint density at radius 2 is 1.73 bits per heavy atom. The van der Waals surface area contributed by atoms with Crippen molar-refractivity contribution in [2.75, 3.05) is 20.8 Å². The lowest BCUT2D eigenvalue weighted by molar-refractivity contribution is -0.137. The molecule has 0 saturated carbocycles. The van der Waals surface area contributed by atoms with Gasteiger partial charge in [0.2, 0.25) is 5.76 Å². The summed E-state index contributed by atoms with van der Waals surface area (Å²) in [6.07, 6.45) is -4.51. The van der Waals surface area contributed by atoms with Crippen LogP contribution in [-0.4, -0.2) is 32.7 Å². The standard InChI is InChI=1S/C23H20F3NO6/c1-30-18-7-6-14(10-20(18)31-2)12-27-21(28)13-32-22(29)19-9-8-17(33-19)15-4-3-5-16(11-15)23(24,25)26/h3-11H,12-13H2,1-2H3,(H,27,28). The summed E-state index contributed by atoms with van der Waals surface area (Å²) in [7, 11) is 3.00. The van der Waals surface area contributed by atoms with E-state index in [0.29, 0.717) is 11.5 Å². The Kier molecular flexibility index (Phi) is 7.27. The molecule has 0 aliphatic heterocycles. The van der Waals surface area contributed by atoms with Crippen molar-refractivity contribution in [2.45, 2.75) is 12.7 Å². The Bertz CT molecular complexity index is 1140. The Hall–Kier alpha value is -3.95. The van der Waals surface area contributed by atoms with Crippen molar-refractivity contribution in [1.82, 2.24) is 5.32 Å². The summed E-state index contributed by atoms with van der Waals surface area (Å²) >= 11 is 0. The lowest BCUT2D eigenvalue weighted by Crippen LogP contribution is -2.28. The minimum atomic E-state index is -4.51. The fourth-order valence-electron chi connectivity index (χ4n) is 2.90. The summed E-state index contributed by atoms with van der Waals surface area (Å²) in [4.78, 5) is 24.1. The average molecular weight is 463 g/mol. The Labute approximate surface area is 187 Å².